The smallest absolute Gasteiger partial charge is 0.232 e. The molecule has 2 heterocycles. The van der Waals surface area contributed by atoms with E-state index in [9.17, 15) is 4.79 Å². The van der Waals surface area contributed by atoms with E-state index >= 15 is 0 Å². The van der Waals surface area contributed by atoms with Crippen LogP contribution in [0.1, 0.15) is 17.9 Å². The number of imidazole rings is 1. The molecule has 0 N–H and O–H groups in total. The molecular weight excluding hydrogens is 288 g/mol. The first-order valence-electron chi connectivity index (χ1n) is 7.76. The molecule has 4 rings (SSSR count). The molecule has 0 spiro atoms. The number of carbonyl (C=O) groups excluding carboxylic acids is 1. The number of nitrogens with zero attached hydrogens (tertiary/aromatic N) is 4. The molecular formula is C18H18N4O. The lowest BCUT2D eigenvalue weighted by Gasteiger charge is -2.16. The lowest BCUT2D eigenvalue weighted by atomic mass is 10.1. The van der Waals surface area contributed by atoms with Gasteiger partial charge in [0.1, 0.15) is 0 Å². The maximum atomic E-state index is 12.8. The van der Waals surface area contributed by atoms with Crippen LogP contribution in [0.5, 0.6) is 0 Å². The van der Waals surface area contributed by atoms with Gasteiger partial charge in [-0.25, -0.2) is 4.98 Å². The van der Waals surface area contributed by atoms with Gasteiger partial charge < -0.3 is 4.57 Å². The molecule has 1 aliphatic carbocycles. The molecule has 2 aromatic heterocycles. The van der Waals surface area contributed by atoms with E-state index in [0.29, 0.717) is 5.95 Å². The summed E-state index contributed by atoms with van der Waals surface area (Å²) in [6.45, 7) is 0. The summed E-state index contributed by atoms with van der Waals surface area (Å²) in [5.41, 5.74) is 3.08. The van der Waals surface area contributed by atoms with E-state index in [2.05, 4.69) is 9.97 Å². The molecule has 116 valence electrons. The average molecular weight is 306 g/mol. The molecule has 0 saturated heterocycles. The van der Waals surface area contributed by atoms with Crippen molar-refractivity contribution in [3.8, 4) is 0 Å². The monoisotopic (exact) mass is 306 g/mol. The van der Waals surface area contributed by atoms with Crippen LogP contribution in [0.4, 0.5) is 5.95 Å². The number of amides is 1. The third-order valence-electron chi connectivity index (χ3n) is 4.61. The highest BCUT2D eigenvalue weighted by Gasteiger charge is 2.46. The lowest BCUT2D eigenvalue weighted by molar-refractivity contribution is -0.119. The molecule has 0 radical (unpaired) electrons. The van der Waals surface area contributed by atoms with Gasteiger partial charge in [-0.1, -0.05) is 18.2 Å². The zero-order chi connectivity index (χ0) is 16.0. The molecule has 1 amide bonds. The normalized spacial score (nSPS) is 19.7. The molecule has 2 unspecified atom stereocenters. The fourth-order valence-electron chi connectivity index (χ4n) is 3.21. The molecule has 1 fully saturated rings. The number of aromatic nitrogens is 3. The Kier molecular flexibility index (Phi) is 3.15. The van der Waals surface area contributed by atoms with Crippen LogP contribution in [-0.2, 0) is 11.8 Å². The van der Waals surface area contributed by atoms with Crippen LogP contribution in [0.15, 0.2) is 48.8 Å². The van der Waals surface area contributed by atoms with E-state index in [-0.39, 0.29) is 17.7 Å². The minimum absolute atomic E-state index is 0.0315. The van der Waals surface area contributed by atoms with E-state index in [1.807, 2.05) is 61.3 Å². The number of aryl methyl sites for hydroxylation is 1. The fourth-order valence-corrected chi connectivity index (χ4v) is 3.21. The molecule has 0 bridgehead atoms. The maximum absolute atomic E-state index is 12.8. The van der Waals surface area contributed by atoms with Gasteiger partial charge in [0.15, 0.2) is 0 Å². The minimum atomic E-state index is 0.0315. The van der Waals surface area contributed by atoms with E-state index < -0.39 is 0 Å². The van der Waals surface area contributed by atoms with Crippen molar-refractivity contribution in [2.24, 2.45) is 13.0 Å². The van der Waals surface area contributed by atoms with Crippen molar-refractivity contribution in [2.45, 2.75) is 12.3 Å². The number of carbonyl (C=O) groups is 1. The Bertz CT molecular complexity index is 871. The van der Waals surface area contributed by atoms with Crippen molar-refractivity contribution in [1.82, 2.24) is 14.5 Å². The second kappa shape index (κ2) is 5.19. The maximum Gasteiger partial charge on any atom is 0.232 e. The second-order valence-electron chi connectivity index (χ2n) is 6.09. The Labute approximate surface area is 134 Å². The Morgan fingerprint density at radius 2 is 2.09 bits per heavy atom. The molecule has 1 aromatic carbocycles. The van der Waals surface area contributed by atoms with Crippen LogP contribution in [0, 0.1) is 5.92 Å². The summed E-state index contributed by atoms with van der Waals surface area (Å²) in [5, 5.41) is 0. The van der Waals surface area contributed by atoms with Crippen molar-refractivity contribution >= 4 is 22.9 Å². The predicted molar refractivity (Wildman–Crippen MR) is 89.2 cm³/mol. The Morgan fingerprint density at radius 1 is 1.26 bits per heavy atom. The fraction of sp³-hybridized carbons (Fsp3) is 0.278. The van der Waals surface area contributed by atoms with Gasteiger partial charge in [0.25, 0.3) is 0 Å². The molecule has 3 aromatic rings. The van der Waals surface area contributed by atoms with Crippen LogP contribution < -0.4 is 4.90 Å². The summed E-state index contributed by atoms with van der Waals surface area (Å²) in [4.78, 5) is 23.2. The van der Waals surface area contributed by atoms with Gasteiger partial charge in [-0.2, -0.15) is 0 Å². The van der Waals surface area contributed by atoms with Crippen LogP contribution in [0.2, 0.25) is 0 Å². The van der Waals surface area contributed by atoms with E-state index in [4.69, 9.17) is 0 Å². The number of pyridine rings is 1. The van der Waals surface area contributed by atoms with Crippen molar-refractivity contribution in [2.75, 3.05) is 11.9 Å². The number of benzene rings is 1. The lowest BCUT2D eigenvalue weighted by Crippen LogP contribution is -2.30. The third-order valence-corrected chi connectivity index (χ3v) is 4.61. The highest BCUT2D eigenvalue weighted by atomic mass is 16.2. The molecule has 5 heteroatoms. The average Bonchev–Trinajstić information content (AvgIpc) is 3.33. The number of rotatable bonds is 3. The highest BCUT2D eigenvalue weighted by Crippen LogP contribution is 2.48. The topological polar surface area (TPSA) is 51.0 Å². The van der Waals surface area contributed by atoms with E-state index in [1.165, 1.54) is 0 Å². The summed E-state index contributed by atoms with van der Waals surface area (Å²) < 4.78 is 1.97. The molecule has 23 heavy (non-hydrogen) atoms. The number of fused-ring (bicyclic) bond motifs is 1. The number of hydrogen-bond acceptors (Lipinski definition) is 3. The molecule has 2 atom stereocenters. The predicted octanol–water partition coefficient (Wildman–Crippen LogP) is 2.73. The highest BCUT2D eigenvalue weighted by molar-refractivity contribution is 5.97. The molecule has 5 nitrogen and oxygen atoms in total. The van der Waals surface area contributed by atoms with E-state index in [1.54, 1.807) is 11.1 Å². The first-order valence-corrected chi connectivity index (χ1v) is 7.76. The van der Waals surface area contributed by atoms with Crippen molar-refractivity contribution in [3.63, 3.8) is 0 Å². The second-order valence-corrected chi connectivity index (χ2v) is 6.09. The number of hydrogen-bond donors (Lipinski definition) is 0. The molecule has 0 aliphatic heterocycles. The zero-order valence-corrected chi connectivity index (χ0v) is 13.2. The number of anilines is 1. The third kappa shape index (κ3) is 2.29. The van der Waals surface area contributed by atoms with Gasteiger partial charge >= 0.3 is 0 Å². The Morgan fingerprint density at radius 3 is 2.83 bits per heavy atom. The van der Waals surface area contributed by atoms with Gasteiger partial charge in [0.2, 0.25) is 11.9 Å². The van der Waals surface area contributed by atoms with Crippen LogP contribution in [0.25, 0.3) is 11.0 Å². The van der Waals surface area contributed by atoms with Crippen LogP contribution in [-0.4, -0.2) is 27.5 Å². The van der Waals surface area contributed by atoms with Crippen molar-refractivity contribution < 1.29 is 4.79 Å². The van der Waals surface area contributed by atoms with Crippen molar-refractivity contribution in [1.29, 1.82) is 0 Å². The van der Waals surface area contributed by atoms with Gasteiger partial charge in [0, 0.05) is 32.4 Å². The summed E-state index contributed by atoms with van der Waals surface area (Å²) in [5.74, 6) is 1.13. The zero-order valence-electron chi connectivity index (χ0n) is 13.2. The summed E-state index contributed by atoms with van der Waals surface area (Å²) in [6.07, 6.45) is 4.50. The first-order chi connectivity index (χ1) is 11.2. The summed E-state index contributed by atoms with van der Waals surface area (Å²) in [7, 11) is 3.75. The van der Waals surface area contributed by atoms with Crippen LogP contribution >= 0.6 is 0 Å². The van der Waals surface area contributed by atoms with Gasteiger partial charge in [-0.15, -0.1) is 0 Å². The largest absolute Gasteiger partial charge is 0.313 e. The van der Waals surface area contributed by atoms with Crippen molar-refractivity contribution in [3.05, 3.63) is 54.4 Å². The Balaban J connectivity index is 1.58. The SMILES string of the molecule is CN(C(=O)C1CC1c1cccnc1)c1nc2ccccc2n1C. The van der Waals surface area contributed by atoms with Gasteiger partial charge in [-0.3, -0.25) is 14.7 Å². The standard InChI is InChI=1S/C18H18N4O/c1-21-16-8-4-3-7-15(16)20-18(21)22(2)17(23)14-10-13(14)12-6-5-9-19-11-12/h3-9,11,13-14H,10H2,1-2H3. The van der Waals surface area contributed by atoms with Gasteiger partial charge in [-0.05, 0) is 36.1 Å². The van der Waals surface area contributed by atoms with Gasteiger partial charge in [0.05, 0.1) is 11.0 Å². The Hall–Kier alpha value is -2.69. The number of para-hydroxylation sites is 2. The quantitative estimate of drug-likeness (QED) is 0.747. The first kappa shape index (κ1) is 13.9. The van der Waals surface area contributed by atoms with Crippen LogP contribution in [0.3, 0.4) is 0 Å². The van der Waals surface area contributed by atoms with E-state index in [0.717, 1.165) is 23.0 Å². The molecule has 1 aliphatic rings. The summed E-state index contributed by atoms with van der Waals surface area (Å²) in [6, 6.07) is 11.9. The summed E-state index contributed by atoms with van der Waals surface area (Å²) >= 11 is 0. The molecule has 1 saturated carbocycles. The minimum Gasteiger partial charge on any atom is -0.313 e.